The normalized spacial score (nSPS) is 13.5. The van der Waals surface area contributed by atoms with E-state index in [4.69, 9.17) is 0 Å². The molecule has 0 aliphatic heterocycles. The van der Waals surface area contributed by atoms with Crippen LogP contribution in [-0.4, -0.2) is 40.7 Å². The third-order valence-electron chi connectivity index (χ3n) is 4.41. The quantitative estimate of drug-likeness (QED) is 0.569. The van der Waals surface area contributed by atoms with Gasteiger partial charge in [0, 0.05) is 18.5 Å². The van der Waals surface area contributed by atoms with E-state index < -0.39 is 0 Å². The molecule has 2 N–H and O–H groups in total. The Morgan fingerprint density at radius 1 is 1.27 bits per heavy atom. The summed E-state index contributed by atoms with van der Waals surface area (Å²) >= 11 is 2.84. The van der Waals surface area contributed by atoms with Crippen molar-refractivity contribution in [1.29, 1.82) is 0 Å². The Morgan fingerprint density at radius 2 is 2.04 bits per heavy atom. The molecule has 0 aromatic carbocycles. The largest absolute Gasteiger partial charge is 0.358 e. The highest BCUT2D eigenvalue weighted by Crippen LogP contribution is 2.34. The Morgan fingerprint density at radius 3 is 2.77 bits per heavy atom. The van der Waals surface area contributed by atoms with Crippen molar-refractivity contribution in [3.05, 3.63) is 20.8 Å². The Balaban J connectivity index is 1.83. The molecular weight excluding hydrogens is 372 g/mol. The Hall–Kier alpha value is -1.87. The van der Waals surface area contributed by atoms with Crippen molar-refractivity contribution >= 4 is 45.1 Å². The van der Waals surface area contributed by atoms with Crippen LogP contribution in [0.2, 0.25) is 0 Å². The number of carbonyl (C=O) groups excluding carboxylic acids is 2. The summed E-state index contributed by atoms with van der Waals surface area (Å²) in [5.41, 5.74) is 1.17. The van der Waals surface area contributed by atoms with Crippen LogP contribution < -0.4 is 16.2 Å². The van der Waals surface area contributed by atoms with Gasteiger partial charge in [0.25, 0.3) is 5.56 Å². The first kappa shape index (κ1) is 18.9. The van der Waals surface area contributed by atoms with Crippen LogP contribution >= 0.6 is 23.1 Å². The van der Waals surface area contributed by atoms with Crippen molar-refractivity contribution < 1.29 is 9.59 Å². The molecule has 26 heavy (non-hydrogen) atoms. The molecular formula is C17H22N4O3S2. The van der Waals surface area contributed by atoms with Crippen LogP contribution in [0.3, 0.4) is 0 Å². The van der Waals surface area contributed by atoms with E-state index in [1.165, 1.54) is 29.3 Å². The number of nitrogens with zero attached hydrogens (tertiary/aromatic N) is 2. The van der Waals surface area contributed by atoms with Crippen LogP contribution in [0, 0.1) is 0 Å². The van der Waals surface area contributed by atoms with E-state index >= 15 is 0 Å². The first-order valence-electron chi connectivity index (χ1n) is 8.70. The van der Waals surface area contributed by atoms with E-state index in [2.05, 4.69) is 15.6 Å². The predicted molar refractivity (Wildman–Crippen MR) is 104 cm³/mol. The second-order valence-corrected chi connectivity index (χ2v) is 8.10. The summed E-state index contributed by atoms with van der Waals surface area (Å²) in [6, 6.07) is 0. The summed E-state index contributed by atoms with van der Waals surface area (Å²) in [5.74, 6) is -0.404. The number of aryl methyl sites for hydroxylation is 2. The lowest BCUT2D eigenvalue weighted by Crippen LogP contribution is -2.36. The molecule has 0 spiro atoms. The summed E-state index contributed by atoms with van der Waals surface area (Å²) in [6.45, 7) is 2.36. The van der Waals surface area contributed by atoms with Crippen molar-refractivity contribution in [2.75, 3.05) is 19.3 Å². The topological polar surface area (TPSA) is 93.1 Å². The number of fused-ring (bicyclic) bond motifs is 3. The number of amides is 2. The second kappa shape index (κ2) is 8.22. The molecule has 3 rings (SSSR count). The third-order valence-corrected chi connectivity index (χ3v) is 6.58. The van der Waals surface area contributed by atoms with E-state index in [1.807, 2.05) is 6.92 Å². The van der Waals surface area contributed by atoms with Gasteiger partial charge in [-0.3, -0.25) is 19.0 Å². The average molecular weight is 395 g/mol. The maximum absolute atomic E-state index is 13.0. The number of hydrogen-bond donors (Lipinski definition) is 2. The molecule has 9 heteroatoms. The van der Waals surface area contributed by atoms with Gasteiger partial charge in [0.1, 0.15) is 4.83 Å². The summed E-state index contributed by atoms with van der Waals surface area (Å²) in [7, 11) is 1.52. The summed E-state index contributed by atoms with van der Waals surface area (Å²) < 4.78 is 1.64. The van der Waals surface area contributed by atoms with Gasteiger partial charge < -0.3 is 10.6 Å². The second-order valence-electron chi connectivity index (χ2n) is 6.07. The smallest absolute Gasteiger partial charge is 0.263 e. The number of aromatic nitrogens is 2. The maximum atomic E-state index is 13.0. The van der Waals surface area contributed by atoms with Gasteiger partial charge in [-0.15, -0.1) is 11.3 Å². The van der Waals surface area contributed by atoms with Gasteiger partial charge >= 0.3 is 0 Å². The highest BCUT2D eigenvalue weighted by atomic mass is 32.2. The number of hydrogen-bond acceptors (Lipinski definition) is 6. The van der Waals surface area contributed by atoms with Gasteiger partial charge in [-0.2, -0.15) is 0 Å². The van der Waals surface area contributed by atoms with Gasteiger partial charge in [0.2, 0.25) is 11.8 Å². The van der Waals surface area contributed by atoms with E-state index in [1.54, 1.807) is 15.9 Å². The van der Waals surface area contributed by atoms with Crippen LogP contribution in [0.5, 0.6) is 0 Å². The van der Waals surface area contributed by atoms with Gasteiger partial charge in [0.05, 0.1) is 17.7 Å². The molecule has 0 saturated carbocycles. The third kappa shape index (κ3) is 3.78. The lowest BCUT2D eigenvalue weighted by Gasteiger charge is -2.12. The van der Waals surface area contributed by atoms with Gasteiger partial charge in [-0.25, -0.2) is 4.98 Å². The van der Waals surface area contributed by atoms with Gasteiger partial charge in [-0.1, -0.05) is 11.8 Å². The summed E-state index contributed by atoms with van der Waals surface area (Å²) in [5, 5.41) is 6.31. The number of thiophene rings is 1. The molecule has 1 aliphatic carbocycles. The molecule has 0 saturated heterocycles. The van der Waals surface area contributed by atoms with Crippen LogP contribution in [0.4, 0.5) is 0 Å². The zero-order valence-corrected chi connectivity index (χ0v) is 16.5. The molecule has 7 nitrogen and oxygen atoms in total. The van der Waals surface area contributed by atoms with E-state index in [-0.39, 0.29) is 29.7 Å². The lowest BCUT2D eigenvalue weighted by molar-refractivity contribution is -0.124. The van der Waals surface area contributed by atoms with Crippen LogP contribution in [0.1, 0.15) is 30.2 Å². The van der Waals surface area contributed by atoms with E-state index in [9.17, 15) is 14.4 Å². The summed E-state index contributed by atoms with van der Waals surface area (Å²) in [6.07, 6.45) is 4.25. The van der Waals surface area contributed by atoms with Gasteiger partial charge in [0.15, 0.2) is 5.16 Å². The summed E-state index contributed by atoms with van der Waals surface area (Å²) in [4.78, 5) is 42.8. The number of nitrogens with one attached hydrogen (secondary N) is 2. The number of rotatable bonds is 6. The minimum atomic E-state index is -0.263. The molecule has 2 amide bonds. The molecule has 2 heterocycles. The molecule has 0 bridgehead atoms. The van der Waals surface area contributed by atoms with Crippen LogP contribution in [0.15, 0.2) is 9.95 Å². The van der Waals surface area contributed by atoms with Crippen molar-refractivity contribution in [1.82, 2.24) is 20.2 Å². The van der Waals surface area contributed by atoms with E-state index in [0.29, 0.717) is 11.7 Å². The van der Waals surface area contributed by atoms with E-state index in [0.717, 1.165) is 35.9 Å². The van der Waals surface area contributed by atoms with Crippen molar-refractivity contribution in [2.24, 2.45) is 0 Å². The zero-order chi connectivity index (χ0) is 18.7. The fraction of sp³-hybridized carbons (Fsp3) is 0.529. The molecule has 2 aromatic rings. The highest BCUT2D eigenvalue weighted by molar-refractivity contribution is 7.99. The highest BCUT2D eigenvalue weighted by Gasteiger charge is 2.22. The Labute approximate surface area is 159 Å². The van der Waals surface area contributed by atoms with Crippen LogP contribution in [0.25, 0.3) is 10.2 Å². The standard InChI is InChI=1S/C17H22N4O3S2/c1-3-21-16(24)14-10-6-4-5-7-11(10)26-15(14)20-17(21)25-9-13(23)19-8-12(22)18-2/h3-9H2,1-2H3,(H,18,22)(H,19,23). The molecule has 0 unspecified atom stereocenters. The maximum Gasteiger partial charge on any atom is 0.263 e. The average Bonchev–Trinajstić information content (AvgIpc) is 3.02. The predicted octanol–water partition coefficient (Wildman–Crippen LogP) is 1.31. The fourth-order valence-electron chi connectivity index (χ4n) is 3.06. The first-order valence-corrected chi connectivity index (χ1v) is 10.5. The molecule has 0 radical (unpaired) electrons. The number of likely N-dealkylation sites (N-methyl/N-ethyl adjacent to an activating group) is 1. The molecule has 0 atom stereocenters. The lowest BCUT2D eigenvalue weighted by atomic mass is 9.97. The fourth-order valence-corrected chi connectivity index (χ4v) is 5.25. The zero-order valence-electron chi connectivity index (χ0n) is 14.9. The molecule has 0 fully saturated rings. The minimum absolute atomic E-state index is 0.00910. The van der Waals surface area contributed by atoms with Crippen molar-refractivity contribution in [2.45, 2.75) is 44.3 Å². The van der Waals surface area contributed by atoms with Crippen molar-refractivity contribution in [3.8, 4) is 0 Å². The SMILES string of the molecule is CCn1c(SCC(=O)NCC(=O)NC)nc2sc3c(c2c1=O)CCCC3. The van der Waals surface area contributed by atoms with Gasteiger partial charge in [-0.05, 0) is 38.2 Å². The molecule has 2 aromatic heterocycles. The monoisotopic (exact) mass is 394 g/mol. The molecule has 140 valence electrons. The molecule has 1 aliphatic rings. The Kier molecular flexibility index (Phi) is 5.98. The number of carbonyl (C=O) groups is 2. The van der Waals surface area contributed by atoms with Crippen LogP contribution in [-0.2, 0) is 29.0 Å². The first-order chi connectivity index (χ1) is 12.5. The Bertz CT molecular complexity index is 904. The minimum Gasteiger partial charge on any atom is -0.358 e. The number of thioether (sulfide) groups is 1. The van der Waals surface area contributed by atoms with Crippen molar-refractivity contribution in [3.63, 3.8) is 0 Å².